The first kappa shape index (κ1) is 18.3. The van der Waals surface area contributed by atoms with Gasteiger partial charge in [0, 0.05) is 24.2 Å². The number of carbonyl (C=O) groups excluding carboxylic acids is 2. The smallest absolute Gasteiger partial charge is 0.226 e. The van der Waals surface area contributed by atoms with Crippen molar-refractivity contribution in [3.8, 4) is 0 Å². The van der Waals surface area contributed by atoms with E-state index in [0.717, 1.165) is 10.1 Å². The highest BCUT2D eigenvalue weighted by Gasteiger charge is 2.12. The standard InChI is InChI=1S/C19H17N3O2S2/c23-16(15-9-5-2-6-10-15)11-12-17(24)20-18-21-22-19(26-18)25-13-14-7-3-1-4-8-14/h1-10H,11-13H2,(H,20,21,24). The number of aromatic nitrogens is 2. The predicted molar refractivity (Wildman–Crippen MR) is 105 cm³/mol. The minimum atomic E-state index is -0.231. The fraction of sp³-hybridized carbons (Fsp3) is 0.158. The van der Waals surface area contributed by atoms with E-state index in [9.17, 15) is 9.59 Å². The van der Waals surface area contributed by atoms with Crippen molar-refractivity contribution < 1.29 is 9.59 Å². The van der Waals surface area contributed by atoms with Crippen LogP contribution in [0.2, 0.25) is 0 Å². The number of carbonyl (C=O) groups is 2. The van der Waals surface area contributed by atoms with E-state index < -0.39 is 0 Å². The Morgan fingerprint density at radius 2 is 1.62 bits per heavy atom. The first-order valence-electron chi connectivity index (χ1n) is 8.09. The van der Waals surface area contributed by atoms with E-state index in [0.29, 0.717) is 10.7 Å². The molecule has 1 amide bonds. The third-order valence-electron chi connectivity index (χ3n) is 3.53. The molecule has 0 aliphatic rings. The summed E-state index contributed by atoms with van der Waals surface area (Å²) in [5, 5.41) is 11.2. The maximum Gasteiger partial charge on any atom is 0.226 e. The lowest BCUT2D eigenvalue weighted by molar-refractivity contribution is -0.116. The lowest BCUT2D eigenvalue weighted by Gasteiger charge is -2.01. The van der Waals surface area contributed by atoms with E-state index in [1.54, 1.807) is 23.9 Å². The molecule has 7 heteroatoms. The Balaban J connectivity index is 1.44. The van der Waals surface area contributed by atoms with Crippen molar-refractivity contribution in [1.82, 2.24) is 10.2 Å². The van der Waals surface area contributed by atoms with E-state index in [1.165, 1.54) is 16.9 Å². The Morgan fingerprint density at radius 3 is 2.35 bits per heavy atom. The van der Waals surface area contributed by atoms with Gasteiger partial charge in [-0.15, -0.1) is 10.2 Å². The van der Waals surface area contributed by atoms with Crippen LogP contribution in [0.15, 0.2) is 65.0 Å². The summed E-state index contributed by atoms with van der Waals surface area (Å²) in [4.78, 5) is 24.0. The van der Waals surface area contributed by atoms with E-state index in [2.05, 4.69) is 27.6 Å². The van der Waals surface area contributed by atoms with Crippen molar-refractivity contribution >= 4 is 39.9 Å². The van der Waals surface area contributed by atoms with Gasteiger partial charge in [-0.1, -0.05) is 83.8 Å². The normalized spacial score (nSPS) is 10.5. The van der Waals surface area contributed by atoms with Crippen LogP contribution in [-0.2, 0) is 10.5 Å². The van der Waals surface area contributed by atoms with Gasteiger partial charge in [0.2, 0.25) is 11.0 Å². The molecule has 2 aromatic carbocycles. The minimum Gasteiger partial charge on any atom is -0.300 e. The number of benzene rings is 2. The van der Waals surface area contributed by atoms with Gasteiger partial charge in [-0.3, -0.25) is 9.59 Å². The lowest BCUT2D eigenvalue weighted by Crippen LogP contribution is -2.13. The summed E-state index contributed by atoms with van der Waals surface area (Å²) in [5.74, 6) is 0.525. The molecule has 1 aromatic heterocycles. The van der Waals surface area contributed by atoms with Gasteiger partial charge in [0.1, 0.15) is 0 Å². The van der Waals surface area contributed by atoms with Crippen LogP contribution in [0.1, 0.15) is 28.8 Å². The molecule has 0 aliphatic heterocycles. The van der Waals surface area contributed by atoms with Crippen molar-refractivity contribution in [3.05, 3.63) is 71.8 Å². The second-order valence-electron chi connectivity index (χ2n) is 5.48. The van der Waals surface area contributed by atoms with Gasteiger partial charge < -0.3 is 5.32 Å². The SMILES string of the molecule is O=C(CCC(=O)c1ccccc1)Nc1nnc(SCc2ccccc2)s1. The third-order valence-corrected chi connectivity index (χ3v) is 5.58. The van der Waals surface area contributed by atoms with E-state index in [1.807, 2.05) is 36.4 Å². The van der Waals surface area contributed by atoms with Gasteiger partial charge in [0.25, 0.3) is 0 Å². The van der Waals surface area contributed by atoms with Crippen molar-refractivity contribution in [2.45, 2.75) is 22.9 Å². The number of amides is 1. The van der Waals surface area contributed by atoms with Gasteiger partial charge in [-0.2, -0.15) is 0 Å². The molecule has 0 bridgehead atoms. The highest BCUT2D eigenvalue weighted by molar-refractivity contribution is 8.00. The Kier molecular flexibility index (Phi) is 6.51. The van der Waals surface area contributed by atoms with Crippen molar-refractivity contribution in [2.75, 3.05) is 5.32 Å². The molecule has 0 spiro atoms. The Morgan fingerprint density at radius 1 is 0.923 bits per heavy atom. The fourth-order valence-electron chi connectivity index (χ4n) is 2.22. The van der Waals surface area contributed by atoms with Crippen LogP contribution in [0.4, 0.5) is 5.13 Å². The van der Waals surface area contributed by atoms with Crippen molar-refractivity contribution in [1.29, 1.82) is 0 Å². The molecule has 0 aliphatic carbocycles. The lowest BCUT2D eigenvalue weighted by atomic mass is 10.1. The minimum absolute atomic E-state index is 0.0443. The topological polar surface area (TPSA) is 72.0 Å². The van der Waals surface area contributed by atoms with Gasteiger partial charge in [0.15, 0.2) is 10.1 Å². The number of hydrogen-bond acceptors (Lipinski definition) is 6. The van der Waals surface area contributed by atoms with E-state index >= 15 is 0 Å². The molecule has 0 saturated carbocycles. The van der Waals surface area contributed by atoms with Crippen LogP contribution in [0.5, 0.6) is 0 Å². The van der Waals surface area contributed by atoms with Crippen molar-refractivity contribution in [3.63, 3.8) is 0 Å². The van der Waals surface area contributed by atoms with Crippen molar-refractivity contribution in [2.24, 2.45) is 0 Å². The number of hydrogen-bond donors (Lipinski definition) is 1. The molecule has 26 heavy (non-hydrogen) atoms. The molecule has 1 N–H and O–H groups in total. The Hall–Kier alpha value is -2.51. The largest absolute Gasteiger partial charge is 0.300 e. The Bertz CT molecular complexity index is 867. The summed E-state index contributed by atoms with van der Waals surface area (Å²) < 4.78 is 0.796. The zero-order valence-corrected chi connectivity index (χ0v) is 15.6. The molecule has 0 saturated heterocycles. The number of anilines is 1. The molecule has 132 valence electrons. The fourth-order valence-corrected chi connectivity index (χ4v) is 3.94. The van der Waals surface area contributed by atoms with E-state index in [4.69, 9.17) is 0 Å². The zero-order chi connectivity index (χ0) is 18.2. The highest BCUT2D eigenvalue weighted by atomic mass is 32.2. The van der Waals surface area contributed by atoms with Crippen LogP contribution in [0.3, 0.4) is 0 Å². The summed E-state index contributed by atoms with van der Waals surface area (Å²) in [7, 11) is 0. The Labute approximate surface area is 159 Å². The van der Waals surface area contributed by atoms with Gasteiger partial charge in [-0.25, -0.2) is 0 Å². The summed E-state index contributed by atoms with van der Waals surface area (Å²) >= 11 is 2.91. The van der Waals surface area contributed by atoms with Gasteiger partial charge in [0.05, 0.1) is 0 Å². The second kappa shape index (κ2) is 9.26. The monoisotopic (exact) mass is 383 g/mol. The maximum absolute atomic E-state index is 12.0. The second-order valence-corrected chi connectivity index (χ2v) is 7.68. The van der Waals surface area contributed by atoms with Crippen LogP contribution >= 0.6 is 23.1 Å². The van der Waals surface area contributed by atoms with Crippen LogP contribution in [0.25, 0.3) is 0 Å². The molecule has 3 aromatic rings. The molecular weight excluding hydrogens is 366 g/mol. The summed E-state index contributed by atoms with van der Waals surface area (Å²) in [6.45, 7) is 0. The van der Waals surface area contributed by atoms with Crippen LogP contribution < -0.4 is 5.32 Å². The number of ketones is 1. The molecule has 0 atom stereocenters. The molecule has 0 radical (unpaired) electrons. The number of Topliss-reactive ketones (excluding diaryl/α,β-unsaturated/α-hetero) is 1. The number of nitrogens with zero attached hydrogens (tertiary/aromatic N) is 2. The average molecular weight is 383 g/mol. The predicted octanol–water partition coefficient (Wildman–Crippen LogP) is 4.43. The number of rotatable bonds is 8. The highest BCUT2D eigenvalue weighted by Crippen LogP contribution is 2.28. The van der Waals surface area contributed by atoms with Crippen LogP contribution in [0, 0.1) is 0 Å². The summed E-state index contributed by atoms with van der Waals surface area (Å²) in [5.41, 5.74) is 1.83. The summed E-state index contributed by atoms with van der Waals surface area (Å²) in [6, 6.07) is 19.1. The average Bonchev–Trinajstić information content (AvgIpc) is 3.13. The first-order chi connectivity index (χ1) is 12.7. The number of thioether (sulfide) groups is 1. The van der Waals surface area contributed by atoms with Gasteiger partial charge in [-0.05, 0) is 5.56 Å². The van der Waals surface area contributed by atoms with Gasteiger partial charge >= 0.3 is 0 Å². The van der Waals surface area contributed by atoms with E-state index in [-0.39, 0.29) is 24.5 Å². The molecule has 0 unspecified atom stereocenters. The molecule has 3 rings (SSSR count). The molecular formula is C19H17N3O2S2. The number of nitrogens with one attached hydrogen (secondary N) is 1. The molecule has 5 nitrogen and oxygen atoms in total. The quantitative estimate of drug-likeness (QED) is 0.354. The first-order valence-corrected chi connectivity index (χ1v) is 9.89. The molecule has 0 fully saturated rings. The summed E-state index contributed by atoms with van der Waals surface area (Å²) in [6.07, 6.45) is 0.296. The third kappa shape index (κ3) is 5.50. The van der Waals surface area contributed by atoms with Crippen LogP contribution in [-0.4, -0.2) is 21.9 Å². The molecule has 1 heterocycles. The zero-order valence-electron chi connectivity index (χ0n) is 13.9. The maximum atomic E-state index is 12.0.